The zero-order valence-electron chi connectivity index (χ0n) is 12.1. The number of benzene rings is 1. The van der Waals surface area contributed by atoms with Crippen molar-refractivity contribution < 1.29 is 19.2 Å². The van der Waals surface area contributed by atoms with Gasteiger partial charge in [-0.25, -0.2) is 0 Å². The molecule has 0 fully saturated rings. The lowest BCUT2D eigenvalue weighted by Gasteiger charge is -2.11. The molecule has 1 aromatic carbocycles. The van der Waals surface area contributed by atoms with Crippen molar-refractivity contribution in [2.75, 3.05) is 11.9 Å². The van der Waals surface area contributed by atoms with Gasteiger partial charge in [0.15, 0.2) is 5.82 Å². The zero-order chi connectivity index (χ0) is 15.9. The fourth-order valence-electron chi connectivity index (χ4n) is 1.84. The molecule has 0 spiro atoms. The van der Waals surface area contributed by atoms with Gasteiger partial charge < -0.3 is 14.9 Å². The molecule has 1 unspecified atom stereocenters. The van der Waals surface area contributed by atoms with Crippen LogP contribution in [0.25, 0.3) is 0 Å². The van der Waals surface area contributed by atoms with Crippen LogP contribution in [0, 0.1) is 6.92 Å². The van der Waals surface area contributed by atoms with Crippen molar-refractivity contribution in [3.8, 4) is 0 Å². The molecule has 2 aromatic rings. The van der Waals surface area contributed by atoms with Gasteiger partial charge in [0.1, 0.15) is 5.76 Å². The van der Waals surface area contributed by atoms with Crippen LogP contribution in [0.3, 0.4) is 0 Å². The Balaban J connectivity index is 1.74. The summed E-state index contributed by atoms with van der Waals surface area (Å²) in [5, 5.41) is 18.2. The number of aliphatic hydroxyl groups excluding tert-OH is 1. The van der Waals surface area contributed by atoms with Crippen LogP contribution in [0.1, 0.15) is 23.8 Å². The summed E-state index contributed by atoms with van der Waals surface area (Å²) in [5.74, 6) is -0.910. The number of anilines is 1. The maximum Gasteiger partial charge on any atom is 0.314 e. The molecule has 0 aliphatic rings. The Morgan fingerprint density at radius 3 is 2.64 bits per heavy atom. The lowest BCUT2D eigenvalue weighted by Crippen LogP contribution is -2.36. The van der Waals surface area contributed by atoms with Gasteiger partial charge in [0.25, 0.3) is 0 Å². The van der Waals surface area contributed by atoms with E-state index in [0.29, 0.717) is 12.2 Å². The highest BCUT2D eigenvalue weighted by Crippen LogP contribution is 2.14. The molecular weight excluding hydrogens is 286 g/mol. The largest absolute Gasteiger partial charge is 0.388 e. The number of aliphatic hydroxyl groups is 1. The van der Waals surface area contributed by atoms with E-state index in [-0.39, 0.29) is 12.4 Å². The van der Waals surface area contributed by atoms with Crippen LogP contribution in [0.2, 0.25) is 0 Å². The summed E-state index contributed by atoms with van der Waals surface area (Å²) >= 11 is 0. The minimum Gasteiger partial charge on any atom is -0.388 e. The second kappa shape index (κ2) is 7.37. The zero-order valence-corrected chi connectivity index (χ0v) is 12.1. The van der Waals surface area contributed by atoms with Gasteiger partial charge in [0, 0.05) is 12.6 Å². The summed E-state index contributed by atoms with van der Waals surface area (Å²) in [6.45, 7) is 1.86. The van der Waals surface area contributed by atoms with Crippen molar-refractivity contribution in [1.29, 1.82) is 0 Å². The van der Waals surface area contributed by atoms with Gasteiger partial charge in [-0.1, -0.05) is 35.5 Å². The highest BCUT2D eigenvalue weighted by molar-refractivity contribution is 6.39. The molecule has 0 bridgehead atoms. The molecular formula is C15H17N3O4. The normalized spacial score (nSPS) is 11.7. The highest BCUT2D eigenvalue weighted by Gasteiger charge is 2.15. The molecule has 2 rings (SSSR count). The Hall–Kier alpha value is -2.67. The fourth-order valence-corrected chi connectivity index (χ4v) is 1.84. The number of aromatic nitrogens is 1. The van der Waals surface area contributed by atoms with Crippen LogP contribution in [-0.4, -0.2) is 28.6 Å². The molecule has 3 N–H and O–H groups in total. The van der Waals surface area contributed by atoms with Crippen molar-refractivity contribution in [2.24, 2.45) is 0 Å². The second-order valence-electron chi connectivity index (χ2n) is 4.75. The molecule has 1 atom stereocenters. The Morgan fingerprint density at radius 2 is 2.00 bits per heavy atom. The third-order valence-corrected chi connectivity index (χ3v) is 2.96. The number of hydrogen-bond donors (Lipinski definition) is 3. The minimum atomic E-state index is -0.831. The van der Waals surface area contributed by atoms with Crippen molar-refractivity contribution in [3.63, 3.8) is 0 Å². The first-order valence-electron chi connectivity index (χ1n) is 6.82. The van der Waals surface area contributed by atoms with Crippen molar-refractivity contribution in [2.45, 2.75) is 19.4 Å². The third kappa shape index (κ3) is 4.42. The SMILES string of the molecule is Cc1cc(NC(=O)C(=O)NCCC(O)c2ccccc2)no1. The lowest BCUT2D eigenvalue weighted by molar-refractivity contribution is -0.136. The first-order valence-corrected chi connectivity index (χ1v) is 6.82. The molecule has 7 nitrogen and oxygen atoms in total. The molecule has 0 saturated heterocycles. The molecule has 1 heterocycles. The Bertz CT molecular complexity index is 639. The van der Waals surface area contributed by atoms with E-state index in [1.165, 1.54) is 6.07 Å². The van der Waals surface area contributed by atoms with Crippen molar-refractivity contribution in [1.82, 2.24) is 10.5 Å². The lowest BCUT2D eigenvalue weighted by atomic mass is 10.1. The predicted octanol–water partition coefficient (Wildman–Crippen LogP) is 1.16. The van der Waals surface area contributed by atoms with Gasteiger partial charge in [-0.15, -0.1) is 0 Å². The number of rotatable bonds is 5. The number of aryl methyl sites for hydroxylation is 1. The fraction of sp³-hybridized carbons (Fsp3) is 0.267. The van der Waals surface area contributed by atoms with E-state index >= 15 is 0 Å². The quantitative estimate of drug-likeness (QED) is 0.719. The maximum absolute atomic E-state index is 11.6. The average molecular weight is 303 g/mol. The van der Waals surface area contributed by atoms with Crippen molar-refractivity contribution >= 4 is 17.6 Å². The monoisotopic (exact) mass is 303 g/mol. The summed E-state index contributed by atoms with van der Waals surface area (Å²) in [5.41, 5.74) is 0.763. The smallest absolute Gasteiger partial charge is 0.314 e. The van der Waals surface area contributed by atoms with Crippen LogP contribution in [-0.2, 0) is 9.59 Å². The molecule has 116 valence electrons. The summed E-state index contributed by atoms with van der Waals surface area (Å²) in [6.07, 6.45) is -0.380. The number of nitrogens with one attached hydrogen (secondary N) is 2. The van der Waals surface area contributed by atoms with E-state index in [2.05, 4.69) is 15.8 Å². The molecule has 0 radical (unpaired) electrons. The van der Waals surface area contributed by atoms with Crippen molar-refractivity contribution in [3.05, 3.63) is 47.7 Å². The van der Waals surface area contributed by atoms with Gasteiger partial charge in [-0.2, -0.15) is 0 Å². The average Bonchev–Trinajstić information content (AvgIpc) is 2.93. The van der Waals surface area contributed by atoms with Gasteiger partial charge in [0.05, 0.1) is 6.10 Å². The number of carbonyl (C=O) groups is 2. The van der Waals surface area contributed by atoms with E-state index < -0.39 is 17.9 Å². The number of hydrogen-bond acceptors (Lipinski definition) is 5. The van der Waals surface area contributed by atoms with E-state index in [4.69, 9.17) is 4.52 Å². The molecule has 0 saturated carbocycles. The van der Waals surface area contributed by atoms with E-state index in [0.717, 1.165) is 5.56 Å². The molecule has 7 heteroatoms. The third-order valence-electron chi connectivity index (χ3n) is 2.96. The van der Waals surface area contributed by atoms with E-state index in [9.17, 15) is 14.7 Å². The standard InChI is InChI=1S/C15H17N3O4/c1-10-9-13(18-22-10)17-15(21)14(20)16-8-7-12(19)11-5-3-2-4-6-11/h2-6,9,12,19H,7-8H2,1H3,(H,16,20)(H,17,18,21). The number of carbonyl (C=O) groups excluding carboxylic acids is 2. The summed E-state index contributed by atoms with van der Waals surface area (Å²) in [4.78, 5) is 23.2. The van der Waals surface area contributed by atoms with Gasteiger partial charge in [0.2, 0.25) is 0 Å². The highest BCUT2D eigenvalue weighted by atomic mass is 16.5. The molecule has 1 aromatic heterocycles. The molecule has 0 aliphatic carbocycles. The molecule has 0 aliphatic heterocycles. The van der Waals surface area contributed by atoms with Crippen LogP contribution in [0.5, 0.6) is 0 Å². The first-order chi connectivity index (χ1) is 10.6. The topological polar surface area (TPSA) is 104 Å². The molecule has 2 amide bonds. The van der Waals surface area contributed by atoms with Gasteiger partial charge in [-0.3, -0.25) is 14.9 Å². The van der Waals surface area contributed by atoms with E-state index in [1.807, 2.05) is 18.2 Å². The predicted molar refractivity (Wildman–Crippen MR) is 78.9 cm³/mol. The Morgan fingerprint density at radius 1 is 1.27 bits per heavy atom. The molecule has 22 heavy (non-hydrogen) atoms. The summed E-state index contributed by atoms with van der Waals surface area (Å²) in [7, 11) is 0. The Labute approximate surface area is 127 Å². The minimum absolute atomic E-state index is 0.181. The van der Waals surface area contributed by atoms with Crippen LogP contribution in [0.4, 0.5) is 5.82 Å². The van der Waals surface area contributed by atoms with Gasteiger partial charge in [-0.05, 0) is 18.9 Å². The Kier molecular flexibility index (Phi) is 5.26. The maximum atomic E-state index is 11.6. The van der Waals surface area contributed by atoms with Crippen LogP contribution < -0.4 is 10.6 Å². The number of nitrogens with zero attached hydrogens (tertiary/aromatic N) is 1. The van der Waals surface area contributed by atoms with E-state index in [1.54, 1.807) is 19.1 Å². The van der Waals surface area contributed by atoms with Crippen LogP contribution >= 0.6 is 0 Å². The first kappa shape index (κ1) is 15.7. The summed E-state index contributed by atoms with van der Waals surface area (Å²) in [6, 6.07) is 10.6. The summed E-state index contributed by atoms with van der Waals surface area (Å²) < 4.78 is 4.78. The van der Waals surface area contributed by atoms with Gasteiger partial charge >= 0.3 is 11.8 Å². The second-order valence-corrected chi connectivity index (χ2v) is 4.75. The number of amides is 2. The van der Waals surface area contributed by atoms with Crippen LogP contribution in [0.15, 0.2) is 40.9 Å².